The van der Waals surface area contributed by atoms with Gasteiger partial charge in [-0.2, -0.15) is 0 Å². The Hall–Kier alpha value is -2.90. The Morgan fingerprint density at radius 1 is 1.10 bits per heavy atom. The molecule has 30 heavy (non-hydrogen) atoms. The molecule has 0 saturated carbocycles. The first kappa shape index (κ1) is 21.8. The van der Waals surface area contributed by atoms with Gasteiger partial charge in [0.1, 0.15) is 41.5 Å². The number of carbonyl (C=O) groups is 1. The number of benzene rings is 2. The van der Waals surface area contributed by atoms with Gasteiger partial charge in [0, 0.05) is 12.0 Å². The lowest BCUT2D eigenvalue weighted by Gasteiger charge is -2.23. The van der Waals surface area contributed by atoms with E-state index >= 15 is 0 Å². The number of amides is 1. The summed E-state index contributed by atoms with van der Waals surface area (Å²) >= 11 is 0. The molecule has 1 aliphatic heterocycles. The van der Waals surface area contributed by atoms with Crippen molar-refractivity contribution in [3.8, 4) is 0 Å². The zero-order chi connectivity index (χ0) is 21.8. The summed E-state index contributed by atoms with van der Waals surface area (Å²) in [5.74, 6) is -4.19. The van der Waals surface area contributed by atoms with Gasteiger partial charge >= 0.3 is 0 Å². The summed E-state index contributed by atoms with van der Waals surface area (Å²) in [6, 6.07) is 5.51. The first-order chi connectivity index (χ1) is 14.3. The van der Waals surface area contributed by atoms with E-state index in [1.165, 1.54) is 24.3 Å². The first-order valence-corrected chi connectivity index (χ1v) is 9.70. The molecule has 0 aromatic heterocycles. The Balaban J connectivity index is 1.80. The van der Waals surface area contributed by atoms with Gasteiger partial charge in [-0.15, -0.1) is 0 Å². The first-order valence-electron chi connectivity index (χ1n) is 9.70. The lowest BCUT2D eigenvalue weighted by atomic mass is 9.98. The third kappa shape index (κ3) is 4.63. The molecule has 8 heteroatoms. The summed E-state index contributed by atoms with van der Waals surface area (Å²) in [5, 5.41) is 2.59. The maximum absolute atomic E-state index is 14.0. The zero-order valence-electron chi connectivity index (χ0n) is 16.6. The fourth-order valence-corrected chi connectivity index (χ4v) is 3.28. The Morgan fingerprint density at radius 2 is 1.67 bits per heavy atom. The number of ether oxygens (including phenoxy) is 1. The van der Waals surface area contributed by atoms with E-state index in [1.807, 2.05) is 13.8 Å². The highest BCUT2D eigenvalue weighted by Crippen LogP contribution is 2.22. The molecule has 2 aromatic carbocycles. The number of carbonyl (C=O) groups excluding carboxylic acids is 1. The van der Waals surface area contributed by atoms with Gasteiger partial charge in [0.2, 0.25) is 5.90 Å². The Morgan fingerprint density at radius 3 is 2.23 bits per heavy atom. The highest BCUT2D eigenvalue weighted by atomic mass is 19.1. The lowest BCUT2D eigenvalue weighted by molar-refractivity contribution is 0.0923. The van der Waals surface area contributed by atoms with Crippen LogP contribution in [-0.4, -0.2) is 30.5 Å². The van der Waals surface area contributed by atoms with Gasteiger partial charge in [0.15, 0.2) is 0 Å². The minimum atomic E-state index is -0.974. The second-order valence-electron chi connectivity index (χ2n) is 7.27. The van der Waals surface area contributed by atoms with Crippen LogP contribution in [0.15, 0.2) is 41.4 Å². The van der Waals surface area contributed by atoms with E-state index in [-0.39, 0.29) is 30.4 Å². The number of halogens is 4. The number of rotatable bonds is 7. The van der Waals surface area contributed by atoms with Crippen LogP contribution in [0.25, 0.3) is 0 Å². The van der Waals surface area contributed by atoms with Crippen LogP contribution in [0.3, 0.4) is 0 Å². The molecule has 0 radical (unpaired) electrons. The molecule has 3 atom stereocenters. The highest BCUT2D eigenvalue weighted by Gasteiger charge is 2.32. The van der Waals surface area contributed by atoms with Crippen molar-refractivity contribution in [1.29, 1.82) is 0 Å². The molecule has 160 valence electrons. The van der Waals surface area contributed by atoms with Crippen molar-refractivity contribution >= 4 is 11.8 Å². The van der Waals surface area contributed by atoms with Crippen molar-refractivity contribution in [2.24, 2.45) is 10.9 Å². The van der Waals surface area contributed by atoms with Gasteiger partial charge in [-0.05, 0) is 30.2 Å². The van der Waals surface area contributed by atoms with Crippen LogP contribution in [0.2, 0.25) is 0 Å². The average Bonchev–Trinajstić information content (AvgIpc) is 3.16. The molecule has 1 amide bonds. The standard InChI is InChI=1S/C22H22F4N2O2/c1-3-12(2)20(28-21(29)19-17(25)8-5-9-18(19)26)22-27-13(11-30-22)10-14-15(23)6-4-7-16(14)24/h4-9,12-13,20H,3,10-11H2,1-2H3,(H,28,29)/t12-,13?,20-/m0/s1. The number of hydrogen-bond donors (Lipinski definition) is 1. The molecular weight excluding hydrogens is 400 g/mol. The number of nitrogens with one attached hydrogen (secondary N) is 1. The van der Waals surface area contributed by atoms with Gasteiger partial charge in [-0.25, -0.2) is 22.6 Å². The van der Waals surface area contributed by atoms with Gasteiger partial charge in [0.25, 0.3) is 5.91 Å². The molecule has 1 aliphatic rings. The number of aliphatic imine (C=N–C) groups is 1. The van der Waals surface area contributed by atoms with Crippen LogP contribution in [0.4, 0.5) is 17.6 Å². The molecule has 0 bridgehead atoms. The Labute approximate surface area is 172 Å². The molecule has 0 saturated heterocycles. The predicted molar refractivity (Wildman–Crippen MR) is 104 cm³/mol. The quantitative estimate of drug-likeness (QED) is 0.672. The fourth-order valence-electron chi connectivity index (χ4n) is 3.28. The van der Waals surface area contributed by atoms with Crippen LogP contribution >= 0.6 is 0 Å². The van der Waals surface area contributed by atoms with Crippen molar-refractivity contribution in [3.05, 3.63) is 70.8 Å². The third-order valence-electron chi connectivity index (χ3n) is 5.19. The van der Waals surface area contributed by atoms with E-state index in [0.29, 0.717) is 6.42 Å². The predicted octanol–water partition coefficient (Wildman–Crippen LogP) is 4.43. The van der Waals surface area contributed by atoms with Gasteiger partial charge in [-0.1, -0.05) is 32.4 Å². The highest BCUT2D eigenvalue weighted by molar-refractivity contribution is 5.98. The summed E-state index contributed by atoms with van der Waals surface area (Å²) < 4.78 is 61.4. The summed E-state index contributed by atoms with van der Waals surface area (Å²) in [7, 11) is 0. The van der Waals surface area contributed by atoms with Gasteiger partial charge < -0.3 is 10.1 Å². The summed E-state index contributed by atoms with van der Waals surface area (Å²) in [6.07, 6.45) is 0.616. The van der Waals surface area contributed by atoms with Crippen LogP contribution in [0.5, 0.6) is 0 Å². The minimum absolute atomic E-state index is 0.00881. The smallest absolute Gasteiger partial charge is 0.257 e. The summed E-state index contributed by atoms with van der Waals surface area (Å²) in [6.45, 7) is 3.80. The molecule has 2 aromatic rings. The molecule has 1 heterocycles. The second-order valence-corrected chi connectivity index (χ2v) is 7.27. The lowest BCUT2D eigenvalue weighted by Crippen LogP contribution is -2.45. The molecule has 0 spiro atoms. The SMILES string of the molecule is CC[C@H](C)[C@H](NC(=O)c1c(F)cccc1F)C1=NC(Cc2c(F)cccc2F)CO1. The zero-order valence-corrected chi connectivity index (χ0v) is 16.6. The molecule has 4 nitrogen and oxygen atoms in total. The largest absolute Gasteiger partial charge is 0.477 e. The topological polar surface area (TPSA) is 50.7 Å². The molecule has 0 fully saturated rings. The number of nitrogens with zero attached hydrogens (tertiary/aromatic N) is 1. The molecule has 1 N–H and O–H groups in total. The average molecular weight is 422 g/mol. The van der Waals surface area contributed by atoms with Gasteiger partial charge in [0.05, 0.1) is 6.04 Å². The van der Waals surface area contributed by atoms with E-state index in [2.05, 4.69) is 10.3 Å². The van der Waals surface area contributed by atoms with Crippen molar-refractivity contribution in [1.82, 2.24) is 5.32 Å². The molecule has 3 rings (SSSR count). The van der Waals surface area contributed by atoms with Crippen LogP contribution in [0, 0.1) is 29.2 Å². The van der Waals surface area contributed by atoms with E-state index in [9.17, 15) is 22.4 Å². The maximum Gasteiger partial charge on any atom is 0.257 e. The molecular formula is C22H22F4N2O2. The normalized spacial score (nSPS) is 17.8. The minimum Gasteiger partial charge on any atom is -0.477 e. The van der Waals surface area contributed by atoms with Crippen molar-refractivity contribution < 1.29 is 27.1 Å². The molecule has 1 unspecified atom stereocenters. The van der Waals surface area contributed by atoms with Crippen molar-refractivity contribution in [3.63, 3.8) is 0 Å². The maximum atomic E-state index is 14.0. The van der Waals surface area contributed by atoms with Crippen molar-refractivity contribution in [2.45, 2.75) is 38.8 Å². The van der Waals surface area contributed by atoms with Gasteiger partial charge in [-0.3, -0.25) is 4.79 Å². The fraction of sp³-hybridized carbons (Fsp3) is 0.364. The third-order valence-corrected chi connectivity index (χ3v) is 5.19. The Kier molecular flexibility index (Phi) is 6.74. The van der Waals surface area contributed by atoms with E-state index in [0.717, 1.165) is 12.1 Å². The summed E-state index contributed by atoms with van der Waals surface area (Å²) in [5.41, 5.74) is -0.775. The van der Waals surface area contributed by atoms with E-state index in [1.54, 1.807) is 0 Å². The van der Waals surface area contributed by atoms with Crippen LogP contribution in [-0.2, 0) is 11.2 Å². The second kappa shape index (κ2) is 9.28. The van der Waals surface area contributed by atoms with Crippen LogP contribution < -0.4 is 5.32 Å². The summed E-state index contributed by atoms with van der Waals surface area (Å²) in [4.78, 5) is 16.9. The molecule has 0 aliphatic carbocycles. The van der Waals surface area contributed by atoms with Crippen LogP contribution in [0.1, 0.15) is 36.2 Å². The van der Waals surface area contributed by atoms with Crippen molar-refractivity contribution in [2.75, 3.05) is 6.61 Å². The monoisotopic (exact) mass is 422 g/mol. The van der Waals surface area contributed by atoms with E-state index in [4.69, 9.17) is 4.74 Å². The van der Waals surface area contributed by atoms with E-state index < -0.39 is 46.8 Å². The number of hydrogen-bond acceptors (Lipinski definition) is 3. The Bertz CT molecular complexity index is 924.